The molecule has 110 valence electrons. The topological polar surface area (TPSA) is 76.1 Å². The summed E-state index contributed by atoms with van der Waals surface area (Å²) in [4.78, 5) is 24.5. The summed E-state index contributed by atoms with van der Waals surface area (Å²) in [5.74, 6) is -0.427. The molecule has 1 aliphatic rings. The third-order valence-electron chi connectivity index (χ3n) is 3.05. The van der Waals surface area contributed by atoms with Crippen molar-refractivity contribution in [2.24, 2.45) is 0 Å². The van der Waals surface area contributed by atoms with Crippen LogP contribution in [-0.2, 0) is 14.3 Å². The maximum absolute atomic E-state index is 12.1. The summed E-state index contributed by atoms with van der Waals surface area (Å²) in [6.07, 6.45) is 0.864. The van der Waals surface area contributed by atoms with Gasteiger partial charge in [0.1, 0.15) is 17.7 Å². The highest BCUT2D eigenvalue weighted by Crippen LogP contribution is 2.31. The van der Waals surface area contributed by atoms with Gasteiger partial charge in [0.15, 0.2) is 0 Å². The number of hydrogen-bond donors (Lipinski definition) is 1. The molecule has 6 nitrogen and oxygen atoms in total. The summed E-state index contributed by atoms with van der Waals surface area (Å²) in [7, 11) is 0. The Morgan fingerprint density at radius 2 is 2.00 bits per heavy atom. The zero-order valence-corrected chi connectivity index (χ0v) is 12.1. The molecule has 1 heterocycles. The quantitative estimate of drug-likeness (QED) is 0.785. The van der Waals surface area contributed by atoms with Crippen molar-refractivity contribution >= 4 is 12.1 Å². The molecule has 6 heteroatoms. The molecule has 0 spiro atoms. The Morgan fingerprint density at radius 3 is 2.47 bits per heavy atom. The third kappa shape index (κ3) is 4.09. The van der Waals surface area contributed by atoms with Gasteiger partial charge in [-0.15, -0.1) is 0 Å². The van der Waals surface area contributed by atoms with Gasteiger partial charge in [0.2, 0.25) is 0 Å². The van der Waals surface area contributed by atoms with Crippen LogP contribution in [0.15, 0.2) is 0 Å². The standard InChI is InChI=1S/C13H23NO5/c1-10(16)18-9-13(8-15)6-5-7-14(13)11(17)19-12(2,3)4/h15H,5-9H2,1-4H3/t13-/m0/s1. The predicted molar refractivity (Wildman–Crippen MR) is 68.6 cm³/mol. The Morgan fingerprint density at radius 1 is 1.37 bits per heavy atom. The number of hydrogen-bond acceptors (Lipinski definition) is 5. The van der Waals surface area contributed by atoms with Crippen molar-refractivity contribution in [2.75, 3.05) is 19.8 Å². The smallest absolute Gasteiger partial charge is 0.410 e. The van der Waals surface area contributed by atoms with Crippen LogP contribution in [0.4, 0.5) is 4.79 Å². The van der Waals surface area contributed by atoms with E-state index in [9.17, 15) is 14.7 Å². The zero-order chi connectivity index (χ0) is 14.7. The second kappa shape index (κ2) is 5.77. The molecule has 0 aromatic heterocycles. The summed E-state index contributed by atoms with van der Waals surface area (Å²) in [6.45, 7) is 6.90. The Labute approximate surface area is 113 Å². The fourth-order valence-electron chi connectivity index (χ4n) is 2.14. The largest absolute Gasteiger partial charge is 0.463 e. The first-order chi connectivity index (χ1) is 8.70. The minimum absolute atomic E-state index is 0.00191. The van der Waals surface area contributed by atoms with Crippen LogP contribution in [0.3, 0.4) is 0 Å². The van der Waals surface area contributed by atoms with E-state index in [4.69, 9.17) is 9.47 Å². The number of nitrogens with zero attached hydrogens (tertiary/aromatic N) is 1. The molecule has 19 heavy (non-hydrogen) atoms. The molecular formula is C13H23NO5. The van der Waals surface area contributed by atoms with E-state index in [0.717, 1.165) is 6.42 Å². The van der Waals surface area contributed by atoms with Crippen LogP contribution in [0.25, 0.3) is 0 Å². The Kier molecular flexibility index (Phi) is 4.79. The van der Waals surface area contributed by atoms with Crippen LogP contribution in [-0.4, -0.2) is 53.0 Å². The SMILES string of the molecule is CC(=O)OC[C@@]1(CO)CCCN1C(=O)OC(C)(C)C. The Balaban J connectivity index is 2.79. The number of ether oxygens (including phenoxy) is 2. The van der Waals surface area contributed by atoms with Gasteiger partial charge in [0.05, 0.1) is 6.61 Å². The molecular weight excluding hydrogens is 250 g/mol. The highest BCUT2D eigenvalue weighted by atomic mass is 16.6. The van der Waals surface area contributed by atoms with Crippen molar-refractivity contribution in [1.82, 2.24) is 4.90 Å². The molecule has 1 aliphatic heterocycles. The zero-order valence-electron chi connectivity index (χ0n) is 12.1. The number of amides is 1. The number of aliphatic hydroxyl groups excluding tert-OH is 1. The lowest BCUT2D eigenvalue weighted by atomic mass is 9.99. The van der Waals surface area contributed by atoms with Crippen molar-refractivity contribution < 1.29 is 24.2 Å². The summed E-state index contributed by atoms with van der Waals surface area (Å²) in [6, 6.07) is 0. The van der Waals surface area contributed by atoms with Gasteiger partial charge in [-0.1, -0.05) is 0 Å². The Hall–Kier alpha value is -1.30. The van der Waals surface area contributed by atoms with Gasteiger partial charge in [-0.25, -0.2) is 4.79 Å². The van der Waals surface area contributed by atoms with E-state index in [-0.39, 0.29) is 13.2 Å². The normalized spacial score (nSPS) is 23.3. The predicted octanol–water partition coefficient (Wildman–Crippen LogP) is 1.31. The lowest BCUT2D eigenvalue weighted by Gasteiger charge is -2.37. The van der Waals surface area contributed by atoms with E-state index in [1.165, 1.54) is 11.8 Å². The van der Waals surface area contributed by atoms with Crippen molar-refractivity contribution in [2.45, 2.75) is 51.7 Å². The summed E-state index contributed by atoms with van der Waals surface area (Å²) in [5, 5.41) is 9.61. The highest BCUT2D eigenvalue weighted by Gasteiger charge is 2.45. The van der Waals surface area contributed by atoms with Crippen molar-refractivity contribution in [3.8, 4) is 0 Å². The first-order valence-electron chi connectivity index (χ1n) is 6.45. The van der Waals surface area contributed by atoms with Crippen LogP contribution in [0, 0.1) is 0 Å². The fraction of sp³-hybridized carbons (Fsp3) is 0.846. The molecule has 1 rings (SSSR count). The fourth-order valence-corrected chi connectivity index (χ4v) is 2.14. The van der Waals surface area contributed by atoms with Crippen molar-refractivity contribution in [3.63, 3.8) is 0 Å². The first-order valence-corrected chi connectivity index (χ1v) is 6.45. The van der Waals surface area contributed by atoms with Crippen molar-refractivity contribution in [3.05, 3.63) is 0 Å². The summed E-state index contributed by atoms with van der Waals surface area (Å²) in [5.41, 5.74) is -1.45. The number of rotatable bonds is 3. The van der Waals surface area contributed by atoms with E-state index in [0.29, 0.717) is 13.0 Å². The number of aliphatic hydroxyl groups is 1. The van der Waals surface area contributed by atoms with Gasteiger partial charge >= 0.3 is 12.1 Å². The van der Waals surface area contributed by atoms with E-state index < -0.39 is 23.2 Å². The average Bonchev–Trinajstić information content (AvgIpc) is 2.68. The van der Waals surface area contributed by atoms with E-state index in [1.54, 1.807) is 20.8 Å². The Bertz CT molecular complexity index is 349. The molecule has 1 amide bonds. The highest BCUT2D eigenvalue weighted by molar-refractivity contribution is 5.70. The van der Waals surface area contributed by atoms with Crippen LogP contribution in [0.1, 0.15) is 40.5 Å². The van der Waals surface area contributed by atoms with Crippen molar-refractivity contribution in [1.29, 1.82) is 0 Å². The second-order valence-corrected chi connectivity index (χ2v) is 5.90. The molecule has 1 N–H and O–H groups in total. The number of carbonyl (C=O) groups is 2. The molecule has 0 unspecified atom stereocenters. The van der Waals surface area contributed by atoms with E-state index in [2.05, 4.69) is 0 Å². The van der Waals surface area contributed by atoms with Gasteiger partial charge in [0.25, 0.3) is 0 Å². The molecule has 0 bridgehead atoms. The molecule has 0 aliphatic carbocycles. The minimum Gasteiger partial charge on any atom is -0.463 e. The maximum atomic E-state index is 12.1. The number of likely N-dealkylation sites (tertiary alicyclic amines) is 1. The van der Waals surface area contributed by atoms with E-state index >= 15 is 0 Å². The molecule has 1 saturated heterocycles. The molecule has 1 fully saturated rings. The first kappa shape index (κ1) is 15.8. The van der Waals surface area contributed by atoms with Crippen LogP contribution in [0.5, 0.6) is 0 Å². The molecule has 0 saturated carbocycles. The van der Waals surface area contributed by atoms with Gasteiger partial charge < -0.3 is 14.6 Å². The average molecular weight is 273 g/mol. The van der Waals surface area contributed by atoms with Crippen LogP contribution >= 0.6 is 0 Å². The molecule has 0 radical (unpaired) electrons. The third-order valence-corrected chi connectivity index (χ3v) is 3.05. The molecule has 1 atom stereocenters. The number of esters is 1. The van der Waals surface area contributed by atoms with Gasteiger partial charge in [-0.2, -0.15) is 0 Å². The van der Waals surface area contributed by atoms with Crippen LogP contribution < -0.4 is 0 Å². The number of carbonyl (C=O) groups excluding carboxylic acids is 2. The minimum atomic E-state index is -0.853. The second-order valence-electron chi connectivity index (χ2n) is 5.90. The molecule has 0 aromatic rings. The lowest BCUT2D eigenvalue weighted by molar-refractivity contribution is -0.145. The van der Waals surface area contributed by atoms with Gasteiger partial charge in [-0.05, 0) is 33.6 Å². The monoisotopic (exact) mass is 273 g/mol. The van der Waals surface area contributed by atoms with Crippen LogP contribution in [0.2, 0.25) is 0 Å². The van der Waals surface area contributed by atoms with E-state index in [1.807, 2.05) is 0 Å². The van der Waals surface area contributed by atoms with Gasteiger partial charge in [0, 0.05) is 13.5 Å². The summed E-state index contributed by atoms with van der Waals surface area (Å²) >= 11 is 0. The lowest BCUT2D eigenvalue weighted by Crippen LogP contribution is -2.54. The van der Waals surface area contributed by atoms with Gasteiger partial charge in [-0.3, -0.25) is 9.69 Å². The summed E-state index contributed by atoms with van der Waals surface area (Å²) < 4.78 is 10.3. The molecule has 0 aromatic carbocycles. The maximum Gasteiger partial charge on any atom is 0.410 e.